The third-order valence-electron chi connectivity index (χ3n) is 2.99. The SMILES string of the molecule is Cc1cccc(C(=O)Cc2nc3ccccc3o2)c1. The van der Waals surface area contributed by atoms with Gasteiger partial charge in [0.2, 0.25) is 5.89 Å². The summed E-state index contributed by atoms with van der Waals surface area (Å²) in [6, 6.07) is 15.1. The minimum Gasteiger partial charge on any atom is -0.440 e. The Morgan fingerprint density at radius 1 is 1.16 bits per heavy atom. The number of para-hydroxylation sites is 2. The van der Waals surface area contributed by atoms with Crippen molar-refractivity contribution in [2.45, 2.75) is 13.3 Å². The highest BCUT2D eigenvalue weighted by atomic mass is 16.3. The Hall–Kier alpha value is -2.42. The van der Waals surface area contributed by atoms with Crippen LogP contribution < -0.4 is 0 Å². The zero-order valence-corrected chi connectivity index (χ0v) is 10.6. The predicted octanol–water partition coefficient (Wildman–Crippen LogP) is 3.56. The lowest BCUT2D eigenvalue weighted by molar-refractivity contribution is 0.0986. The van der Waals surface area contributed by atoms with Crippen molar-refractivity contribution in [1.29, 1.82) is 0 Å². The maximum absolute atomic E-state index is 12.1. The minimum atomic E-state index is 0.0234. The first-order valence-electron chi connectivity index (χ1n) is 6.17. The van der Waals surface area contributed by atoms with Gasteiger partial charge in [-0.15, -0.1) is 0 Å². The van der Waals surface area contributed by atoms with Gasteiger partial charge in [-0.2, -0.15) is 0 Å². The molecule has 94 valence electrons. The first-order chi connectivity index (χ1) is 9.22. The standard InChI is InChI=1S/C16H13NO2/c1-11-5-4-6-12(9-11)14(18)10-16-17-13-7-2-3-8-15(13)19-16/h2-9H,10H2,1H3. The molecule has 1 aromatic heterocycles. The quantitative estimate of drug-likeness (QED) is 0.668. The fourth-order valence-corrected chi connectivity index (χ4v) is 2.05. The van der Waals surface area contributed by atoms with Crippen LogP contribution in [0, 0.1) is 6.92 Å². The maximum atomic E-state index is 12.1. The van der Waals surface area contributed by atoms with E-state index in [0.29, 0.717) is 11.5 Å². The number of nitrogens with zero attached hydrogens (tertiary/aromatic N) is 1. The third-order valence-corrected chi connectivity index (χ3v) is 2.99. The molecular weight excluding hydrogens is 238 g/mol. The number of aryl methyl sites for hydroxylation is 1. The van der Waals surface area contributed by atoms with E-state index in [4.69, 9.17) is 4.42 Å². The molecule has 0 N–H and O–H groups in total. The number of Topliss-reactive ketones (excluding diaryl/α,β-unsaturated/α-hetero) is 1. The average Bonchev–Trinajstić information content (AvgIpc) is 2.80. The van der Waals surface area contributed by atoms with E-state index in [1.54, 1.807) is 0 Å². The molecule has 3 rings (SSSR count). The van der Waals surface area contributed by atoms with Crippen molar-refractivity contribution in [3.63, 3.8) is 0 Å². The number of carbonyl (C=O) groups excluding carboxylic acids is 1. The van der Waals surface area contributed by atoms with Gasteiger partial charge in [0.25, 0.3) is 0 Å². The fraction of sp³-hybridized carbons (Fsp3) is 0.125. The summed E-state index contributed by atoms with van der Waals surface area (Å²) in [5, 5.41) is 0. The first kappa shape index (κ1) is 11.7. The number of oxazole rings is 1. The molecule has 1 heterocycles. The number of hydrogen-bond acceptors (Lipinski definition) is 3. The summed E-state index contributed by atoms with van der Waals surface area (Å²) in [5.74, 6) is 0.489. The molecular formula is C16H13NO2. The van der Waals surface area contributed by atoms with Gasteiger partial charge in [-0.1, -0.05) is 35.9 Å². The first-order valence-corrected chi connectivity index (χ1v) is 6.17. The van der Waals surface area contributed by atoms with Gasteiger partial charge >= 0.3 is 0 Å². The second kappa shape index (κ2) is 4.69. The van der Waals surface area contributed by atoms with E-state index in [1.165, 1.54) is 0 Å². The van der Waals surface area contributed by atoms with Crippen molar-refractivity contribution < 1.29 is 9.21 Å². The van der Waals surface area contributed by atoms with Gasteiger partial charge in [0.05, 0.1) is 6.42 Å². The van der Waals surface area contributed by atoms with E-state index in [-0.39, 0.29) is 12.2 Å². The van der Waals surface area contributed by atoms with E-state index >= 15 is 0 Å². The molecule has 0 aliphatic heterocycles. The number of carbonyl (C=O) groups is 1. The Bertz CT molecular complexity index is 710. The lowest BCUT2D eigenvalue weighted by atomic mass is 10.1. The molecule has 0 spiro atoms. The Morgan fingerprint density at radius 2 is 2.00 bits per heavy atom. The van der Waals surface area contributed by atoms with Crippen LogP contribution in [0.1, 0.15) is 21.8 Å². The van der Waals surface area contributed by atoms with Crippen LogP contribution in [0.4, 0.5) is 0 Å². The molecule has 2 aromatic carbocycles. The van der Waals surface area contributed by atoms with Gasteiger partial charge in [-0.25, -0.2) is 4.98 Å². The van der Waals surface area contributed by atoms with Gasteiger partial charge in [0.1, 0.15) is 5.52 Å². The van der Waals surface area contributed by atoms with Crippen molar-refractivity contribution >= 4 is 16.9 Å². The van der Waals surface area contributed by atoms with Crippen LogP contribution in [0.25, 0.3) is 11.1 Å². The van der Waals surface area contributed by atoms with Crippen molar-refractivity contribution in [3.8, 4) is 0 Å². The van der Waals surface area contributed by atoms with Crippen LogP contribution in [-0.4, -0.2) is 10.8 Å². The molecule has 19 heavy (non-hydrogen) atoms. The largest absolute Gasteiger partial charge is 0.440 e. The van der Waals surface area contributed by atoms with E-state index in [9.17, 15) is 4.79 Å². The molecule has 0 aliphatic rings. The maximum Gasteiger partial charge on any atom is 0.203 e. The number of rotatable bonds is 3. The van der Waals surface area contributed by atoms with Gasteiger partial charge in [-0.3, -0.25) is 4.79 Å². The number of benzene rings is 2. The van der Waals surface area contributed by atoms with Gasteiger partial charge in [0.15, 0.2) is 11.4 Å². The lowest BCUT2D eigenvalue weighted by Gasteiger charge is -1.99. The normalized spacial score (nSPS) is 10.8. The van der Waals surface area contributed by atoms with Crippen molar-refractivity contribution in [2.24, 2.45) is 0 Å². The molecule has 0 saturated heterocycles. The van der Waals surface area contributed by atoms with E-state index in [1.807, 2.05) is 55.5 Å². The van der Waals surface area contributed by atoms with E-state index < -0.39 is 0 Å². The van der Waals surface area contributed by atoms with Crippen LogP contribution in [-0.2, 0) is 6.42 Å². The Morgan fingerprint density at radius 3 is 2.79 bits per heavy atom. The molecule has 3 heteroatoms. The molecule has 0 saturated carbocycles. The number of fused-ring (bicyclic) bond motifs is 1. The smallest absolute Gasteiger partial charge is 0.203 e. The Labute approximate surface area is 110 Å². The number of ketones is 1. The summed E-state index contributed by atoms with van der Waals surface area (Å²) in [7, 11) is 0. The summed E-state index contributed by atoms with van der Waals surface area (Å²) >= 11 is 0. The van der Waals surface area contributed by atoms with Crippen LogP contribution in [0.2, 0.25) is 0 Å². The Balaban J connectivity index is 1.86. The highest BCUT2D eigenvalue weighted by Crippen LogP contribution is 2.16. The highest BCUT2D eigenvalue weighted by molar-refractivity contribution is 5.97. The molecule has 0 fully saturated rings. The molecule has 0 bridgehead atoms. The number of hydrogen-bond donors (Lipinski definition) is 0. The Kier molecular flexibility index (Phi) is 2.88. The molecule has 3 aromatic rings. The van der Waals surface area contributed by atoms with Gasteiger partial charge in [0, 0.05) is 5.56 Å². The van der Waals surface area contributed by atoms with Crippen molar-refractivity contribution in [3.05, 3.63) is 65.5 Å². The summed E-state index contributed by atoms with van der Waals surface area (Å²) in [4.78, 5) is 16.5. The molecule has 0 amide bonds. The molecule has 0 atom stereocenters. The van der Waals surface area contributed by atoms with E-state index in [2.05, 4.69) is 4.98 Å². The number of aromatic nitrogens is 1. The highest BCUT2D eigenvalue weighted by Gasteiger charge is 2.12. The van der Waals surface area contributed by atoms with Crippen LogP contribution in [0.5, 0.6) is 0 Å². The predicted molar refractivity (Wildman–Crippen MR) is 73.2 cm³/mol. The third kappa shape index (κ3) is 2.40. The van der Waals surface area contributed by atoms with Crippen LogP contribution >= 0.6 is 0 Å². The van der Waals surface area contributed by atoms with Crippen LogP contribution in [0.15, 0.2) is 52.9 Å². The van der Waals surface area contributed by atoms with Crippen molar-refractivity contribution in [2.75, 3.05) is 0 Å². The topological polar surface area (TPSA) is 43.1 Å². The van der Waals surface area contributed by atoms with Gasteiger partial charge < -0.3 is 4.42 Å². The zero-order valence-electron chi connectivity index (χ0n) is 10.6. The van der Waals surface area contributed by atoms with Crippen LogP contribution in [0.3, 0.4) is 0 Å². The molecule has 3 nitrogen and oxygen atoms in total. The lowest BCUT2D eigenvalue weighted by Crippen LogP contribution is -2.03. The fourth-order valence-electron chi connectivity index (χ4n) is 2.05. The van der Waals surface area contributed by atoms with Crippen molar-refractivity contribution in [1.82, 2.24) is 4.98 Å². The zero-order chi connectivity index (χ0) is 13.2. The summed E-state index contributed by atoms with van der Waals surface area (Å²) < 4.78 is 5.56. The van der Waals surface area contributed by atoms with E-state index in [0.717, 1.165) is 16.7 Å². The summed E-state index contributed by atoms with van der Waals surface area (Å²) in [5.41, 5.74) is 3.27. The minimum absolute atomic E-state index is 0.0234. The second-order valence-electron chi connectivity index (χ2n) is 4.54. The summed E-state index contributed by atoms with van der Waals surface area (Å²) in [6.07, 6.45) is 0.193. The second-order valence-corrected chi connectivity index (χ2v) is 4.54. The average molecular weight is 251 g/mol. The molecule has 0 aliphatic carbocycles. The molecule has 0 radical (unpaired) electrons. The molecule has 0 unspecified atom stereocenters. The van der Waals surface area contributed by atoms with Gasteiger partial charge in [-0.05, 0) is 25.1 Å². The summed E-state index contributed by atoms with van der Waals surface area (Å²) in [6.45, 7) is 1.97. The monoisotopic (exact) mass is 251 g/mol.